The number of H-pyrrole nitrogens is 1. The molecule has 2 aromatic rings. The molecule has 236 valence electrons. The SMILES string of the molecule is CSCCC(NC(=O)C(N)CCCN=C(N)N)C(=O)NC(CCC(=O)O)C(=O)NC(Cc1c[nH]c2ccccc12)C(=O)O. The fourth-order valence-corrected chi connectivity index (χ4v) is 4.71. The smallest absolute Gasteiger partial charge is 0.326 e. The predicted molar refractivity (Wildman–Crippen MR) is 163 cm³/mol. The molecule has 0 radical (unpaired) electrons. The van der Waals surface area contributed by atoms with Crippen molar-refractivity contribution in [1.82, 2.24) is 20.9 Å². The minimum Gasteiger partial charge on any atom is -0.481 e. The second kappa shape index (κ2) is 17.6. The van der Waals surface area contributed by atoms with Crippen LogP contribution in [0.1, 0.15) is 37.7 Å². The van der Waals surface area contributed by atoms with E-state index in [1.165, 1.54) is 11.8 Å². The van der Waals surface area contributed by atoms with Crippen molar-refractivity contribution >= 4 is 58.3 Å². The van der Waals surface area contributed by atoms with E-state index >= 15 is 0 Å². The average Bonchev–Trinajstić information content (AvgIpc) is 3.37. The molecule has 0 bridgehead atoms. The zero-order chi connectivity index (χ0) is 31.9. The number of nitrogens with one attached hydrogen (secondary N) is 4. The maximum Gasteiger partial charge on any atom is 0.326 e. The molecule has 0 spiro atoms. The Morgan fingerprint density at radius 2 is 1.56 bits per heavy atom. The summed E-state index contributed by atoms with van der Waals surface area (Å²) in [7, 11) is 0. The lowest BCUT2D eigenvalue weighted by Gasteiger charge is -2.25. The third kappa shape index (κ3) is 11.8. The molecule has 0 fully saturated rings. The Kier molecular flexibility index (Phi) is 14.3. The Morgan fingerprint density at radius 1 is 0.930 bits per heavy atom. The van der Waals surface area contributed by atoms with Crippen LogP contribution in [0.5, 0.6) is 0 Å². The first-order valence-corrected chi connectivity index (χ1v) is 15.0. The number of nitrogens with two attached hydrogens (primary N) is 3. The van der Waals surface area contributed by atoms with Gasteiger partial charge in [0.1, 0.15) is 18.1 Å². The summed E-state index contributed by atoms with van der Waals surface area (Å²) >= 11 is 1.43. The molecular weight excluding hydrogens is 580 g/mol. The predicted octanol–water partition coefficient (Wildman–Crippen LogP) is -0.752. The highest BCUT2D eigenvalue weighted by molar-refractivity contribution is 7.98. The number of nitrogens with zero attached hydrogens (tertiary/aromatic N) is 1. The van der Waals surface area contributed by atoms with Gasteiger partial charge in [0.05, 0.1) is 6.04 Å². The Labute approximate surface area is 252 Å². The molecule has 0 aliphatic carbocycles. The van der Waals surface area contributed by atoms with Gasteiger partial charge in [0, 0.05) is 36.5 Å². The van der Waals surface area contributed by atoms with Crippen LogP contribution in [-0.4, -0.2) is 93.5 Å². The molecule has 43 heavy (non-hydrogen) atoms. The number of aliphatic imine (C=N–C) groups is 1. The van der Waals surface area contributed by atoms with Crippen LogP contribution in [0.25, 0.3) is 10.9 Å². The molecule has 0 saturated carbocycles. The van der Waals surface area contributed by atoms with Crippen LogP contribution in [0.2, 0.25) is 0 Å². The van der Waals surface area contributed by atoms with E-state index in [4.69, 9.17) is 17.2 Å². The first kappa shape index (κ1) is 34.9. The van der Waals surface area contributed by atoms with E-state index in [1.807, 2.05) is 24.5 Å². The molecule has 16 heteroatoms. The van der Waals surface area contributed by atoms with Gasteiger partial charge in [-0.05, 0) is 49.3 Å². The van der Waals surface area contributed by atoms with Crippen LogP contribution < -0.4 is 33.2 Å². The van der Waals surface area contributed by atoms with Gasteiger partial charge in [-0.1, -0.05) is 18.2 Å². The van der Waals surface area contributed by atoms with Gasteiger partial charge in [0.25, 0.3) is 0 Å². The van der Waals surface area contributed by atoms with Crippen molar-refractivity contribution in [2.75, 3.05) is 18.6 Å². The highest BCUT2D eigenvalue weighted by Gasteiger charge is 2.31. The van der Waals surface area contributed by atoms with Crippen molar-refractivity contribution in [2.24, 2.45) is 22.2 Å². The van der Waals surface area contributed by atoms with Gasteiger partial charge in [0.2, 0.25) is 17.7 Å². The second-order valence-corrected chi connectivity index (χ2v) is 10.8. The standard InChI is InChI=1S/C27H40N8O7S/c1-43-12-10-20(33-23(38)17(28)6-4-11-31-27(29)30)25(40)34-19(8-9-22(36)37)24(39)35-21(26(41)42)13-15-14-32-18-7-3-2-5-16(15)18/h2-3,5,7,14,17,19-21,32H,4,6,8-13,28H2,1H3,(H,33,38)(H,34,40)(H,35,39)(H,36,37)(H,41,42)(H4,29,30,31). The topological polar surface area (TPSA) is 268 Å². The van der Waals surface area contributed by atoms with Crippen LogP contribution in [-0.2, 0) is 30.4 Å². The number of rotatable bonds is 19. The van der Waals surface area contributed by atoms with E-state index in [0.717, 1.165) is 10.9 Å². The Hall–Kier alpha value is -4.31. The quantitative estimate of drug-likeness (QED) is 0.0535. The summed E-state index contributed by atoms with van der Waals surface area (Å²) < 4.78 is 0. The lowest BCUT2D eigenvalue weighted by atomic mass is 10.0. The largest absolute Gasteiger partial charge is 0.481 e. The molecule has 12 N–H and O–H groups in total. The number of aromatic nitrogens is 1. The number of carbonyl (C=O) groups is 5. The number of carboxylic acids is 2. The number of aromatic amines is 1. The molecule has 15 nitrogen and oxygen atoms in total. The number of fused-ring (bicyclic) bond motifs is 1. The van der Waals surface area contributed by atoms with Gasteiger partial charge >= 0.3 is 11.9 Å². The Balaban J connectivity index is 2.14. The normalized spacial score (nSPS) is 13.7. The van der Waals surface area contributed by atoms with Crippen LogP contribution in [0.3, 0.4) is 0 Å². The Morgan fingerprint density at radius 3 is 2.19 bits per heavy atom. The van der Waals surface area contributed by atoms with E-state index in [1.54, 1.807) is 12.3 Å². The molecule has 1 aromatic carbocycles. The number of aliphatic carboxylic acids is 2. The van der Waals surface area contributed by atoms with Crippen molar-refractivity contribution < 1.29 is 34.2 Å². The van der Waals surface area contributed by atoms with Crippen molar-refractivity contribution in [3.63, 3.8) is 0 Å². The first-order valence-electron chi connectivity index (χ1n) is 13.6. The van der Waals surface area contributed by atoms with Gasteiger partial charge in [-0.15, -0.1) is 0 Å². The van der Waals surface area contributed by atoms with E-state index in [0.29, 0.717) is 17.7 Å². The van der Waals surface area contributed by atoms with E-state index in [-0.39, 0.29) is 38.2 Å². The third-order valence-electron chi connectivity index (χ3n) is 6.54. The van der Waals surface area contributed by atoms with E-state index in [2.05, 4.69) is 25.9 Å². The molecule has 1 heterocycles. The number of thioether (sulfide) groups is 1. The number of guanidine groups is 1. The number of benzene rings is 1. The highest BCUT2D eigenvalue weighted by Crippen LogP contribution is 2.19. The first-order chi connectivity index (χ1) is 20.4. The molecule has 4 atom stereocenters. The van der Waals surface area contributed by atoms with E-state index < -0.39 is 60.2 Å². The van der Waals surface area contributed by atoms with Crippen molar-refractivity contribution in [3.8, 4) is 0 Å². The highest BCUT2D eigenvalue weighted by atomic mass is 32.2. The third-order valence-corrected chi connectivity index (χ3v) is 7.19. The summed E-state index contributed by atoms with van der Waals surface area (Å²) in [5.74, 6) is -4.31. The van der Waals surface area contributed by atoms with Gasteiger partial charge in [-0.25, -0.2) is 4.79 Å². The Bertz CT molecular complexity index is 1300. The van der Waals surface area contributed by atoms with Crippen molar-refractivity contribution in [2.45, 2.75) is 62.7 Å². The molecule has 1 aromatic heterocycles. The van der Waals surface area contributed by atoms with Crippen LogP contribution in [0.15, 0.2) is 35.5 Å². The monoisotopic (exact) mass is 620 g/mol. The summed E-state index contributed by atoms with van der Waals surface area (Å²) in [6.45, 7) is 0.276. The zero-order valence-corrected chi connectivity index (χ0v) is 24.7. The van der Waals surface area contributed by atoms with Crippen molar-refractivity contribution in [3.05, 3.63) is 36.0 Å². The number of carbonyl (C=O) groups excluding carboxylic acids is 3. The van der Waals surface area contributed by atoms with Crippen LogP contribution in [0, 0.1) is 0 Å². The van der Waals surface area contributed by atoms with Crippen molar-refractivity contribution in [1.29, 1.82) is 0 Å². The van der Waals surface area contributed by atoms with Crippen LogP contribution in [0.4, 0.5) is 0 Å². The summed E-state index contributed by atoms with van der Waals surface area (Å²) in [6.07, 6.45) is 3.51. The maximum absolute atomic E-state index is 13.3. The summed E-state index contributed by atoms with van der Waals surface area (Å²) in [6, 6.07) is 2.50. The molecule has 2 rings (SSSR count). The minimum absolute atomic E-state index is 0.0574. The molecule has 4 unspecified atom stereocenters. The summed E-state index contributed by atoms with van der Waals surface area (Å²) in [5.41, 5.74) is 18.0. The van der Waals surface area contributed by atoms with Gasteiger partial charge in [0.15, 0.2) is 5.96 Å². The molecular formula is C27H40N8O7S. The lowest BCUT2D eigenvalue weighted by Crippen LogP contribution is -2.57. The fourth-order valence-electron chi connectivity index (χ4n) is 4.24. The number of amides is 3. The number of carboxylic acid groups (broad SMARTS) is 2. The summed E-state index contributed by atoms with van der Waals surface area (Å²) in [4.78, 5) is 69.4. The fraction of sp³-hybridized carbons (Fsp3) is 0.481. The van der Waals surface area contributed by atoms with Gasteiger partial charge < -0.3 is 48.3 Å². The molecule has 0 aliphatic rings. The molecule has 3 amide bonds. The zero-order valence-electron chi connectivity index (χ0n) is 23.9. The van der Waals surface area contributed by atoms with Crippen LogP contribution >= 0.6 is 11.8 Å². The number of hydrogen-bond donors (Lipinski definition) is 9. The van der Waals surface area contributed by atoms with Gasteiger partial charge in [-0.3, -0.25) is 24.2 Å². The average molecular weight is 621 g/mol. The molecule has 0 saturated heterocycles. The maximum atomic E-state index is 13.3. The number of hydrogen-bond acceptors (Lipinski definition) is 8. The number of para-hydroxylation sites is 1. The summed E-state index contributed by atoms with van der Waals surface area (Å²) in [5, 5.41) is 27.3. The lowest BCUT2D eigenvalue weighted by molar-refractivity contribution is -0.143. The van der Waals surface area contributed by atoms with Gasteiger partial charge in [-0.2, -0.15) is 11.8 Å². The molecule has 0 aliphatic heterocycles. The second-order valence-electron chi connectivity index (χ2n) is 9.85. The minimum atomic E-state index is -1.38. The van der Waals surface area contributed by atoms with E-state index in [9.17, 15) is 34.2 Å².